The summed E-state index contributed by atoms with van der Waals surface area (Å²) in [5.41, 5.74) is 0. The third-order valence-electron chi connectivity index (χ3n) is 2.74. The van der Waals surface area contributed by atoms with Gasteiger partial charge in [0, 0.05) is 12.6 Å². The molecule has 3 N–H and O–H groups in total. The van der Waals surface area contributed by atoms with Gasteiger partial charge in [0.15, 0.2) is 0 Å². The van der Waals surface area contributed by atoms with Crippen LogP contribution in [0.15, 0.2) is 0 Å². The summed E-state index contributed by atoms with van der Waals surface area (Å²) in [4.78, 5) is 11.8. The highest BCUT2D eigenvalue weighted by atomic mass is 16.5. The van der Waals surface area contributed by atoms with Crippen LogP contribution in [0.2, 0.25) is 0 Å². The van der Waals surface area contributed by atoms with Crippen molar-refractivity contribution in [3.8, 4) is 0 Å². The van der Waals surface area contributed by atoms with E-state index < -0.39 is 0 Å². The molecule has 94 valence electrons. The summed E-state index contributed by atoms with van der Waals surface area (Å²) in [6.07, 6.45) is 0.218. The van der Waals surface area contributed by atoms with E-state index in [1.165, 1.54) is 0 Å². The number of nitrogens with one attached hydrogen (secondary N) is 2. The van der Waals surface area contributed by atoms with Crippen molar-refractivity contribution in [1.29, 1.82) is 0 Å². The Bertz CT molecular complexity index is 221. The van der Waals surface area contributed by atoms with E-state index in [1.54, 1.807) is 6.92 Å². The summed E-state index contributed by atoms with van der Waals surface area (Å²) in [6.45, 7) is 6.17. The van der Waals surface area contributed by atoms with Gasteiger partial charge in [-0.3, -0.25) is 4.79 Å². The molecule has 5 heteroatoms. The number of aliphatic hydroxyl groups excluding tert-OH is 1. The van der Waals surface area contributed by atoms with Gasteiger partial charge in [0.2, 0.25) is 5.91 Å². The van der Waals surface area contributed by atoms with Crippen molar-refractivity contribution in [3.05, 3.63) is 0 Å². The molecule has 1 amide bonds. The van der Waals surface area contributed by atoms with Crippen LogP contribution in [-0.4, -0.2) is 49.5 Å². The van der Waals surface area contributed by atoms with Crippen molar-refractivity contribution in [2.75, 3.05) is 26.3 Å². The van der Waals surface area contributed by atoms with Crippen molar-refractivity contribution >= 4 is 5.91 Å². The molecule has 0 aromatic carbocycles. The van der Waals surface area contributed by atoms with Crippen LogP contribution in [0.25, 0.3) is 0 Å². The van der Waals surface area contributed by atoms with Crippen LogP contribution in [0.3, 0.4) is 0 Å². The second-order valence-corrected chi connectivity index (χ2v) is 4.24. The van der Waals surface area contributed by atoms with Gasteiger partial charge in [-0.15, -0.1) is 0 Å². The molecule has 1 saturated heterocycles. The van der Waals surface area contributed by atoms with Gasteiger partial charge in [0.1, 0.15) is 0 Å². The predicted molar refractivity (Wildman–Crippen MR) is 61.1 cm³/mol. The minimum absolute atomic E-state index is 0.0177. The van der Waals surface area contributed by atoms with E-state index in [9.17, 15) is 4.79 Å². The highest BCUT2D eigenvalue weighted by Crippen LogP contribution is 2.13. The molecule has 3 atom stereocenters. The second-order valence-electron chi connectivity index (χ2n) is 4.24. The van der Waals surface area contributed by atoms with Gasteiger partial charge in [-0.2, -0.15) is 0 Å². The maximum absolute atomic E-state index is 11.8. The quantitative estimate of drug-likeness (QED) is 0.575. The molecule has 3 unspecified atom stereocenters. The van der Waals surface area contributed by atoms with Crippen LogP contribution >= 0.6 is 0 Å². The number of carbonyl (C=O) groups is 1. The van der Waals surface area contributed by atoms with Gasteiger partial charge < -0.3 is 20.5 Å². The van der Waals surface area contributed by atoms with E-state index in [1.807, 2.05) is 6.92 Å². The number of hydrogen-bond donors (Lipinski definition) is 3. The number of ether oxygens (including phenoxy) is 1. The molecule has 0 saturated carbocycles. The maximum atomic E-state index is 11.8. The summed E-state index contributed by atoms with van der Waals surface area (Å²) in [5.74, 6) is -0.0851. The van der Waals surface area contributed by atoms with E-state index in [0.717, 1.165) is 6.54 Å². The molecule has 1 rings (SSSR count). The van der Waals surface area contributed by atoms with Gasteiger partial charge in [-0.05, 0) is 19.9 Å². The number of hydrogen-bond acceptors (Lipinski definition) is 4. The normalized spacial score (nSPS) is 26.7. The fourth-order valence-corrected chi connectivity index (χ4v) is 1.81. The molecule has 0 aliphatic carbocycles. The van der Waals surface area contributed by atoms with E-state index in [2.05, 4.69) is 10.6 Å². The lowest BCUT2D eigenvalue weighted by Crippen LogP contribution is -2.44. The number of rotatable bonds is 6. The zero-order valence-electron chi connectivity index (χ0n) is 10.0. The van der Waals surface area contributed by atoms with Crippen molar-refractivity contribution < 1.29 is 14.6 Å². The molecule has 1 heterocycles. The zero-order chi connectivity index (χ0) is 12.0. The molecule has 16 heavy (non-hydrogen) atoms. The average molecular weight is 230 g/mol. The Labute approximate surface area is 96.6 Å². The van der Waals surface area contributed by atoms with Crippen LogP contribution in [0.5, 0.6) is 0 Å². The maximum Gasteiger partial charge on any atom is 0.227 e. The Balaban J connectivity index is 2.29. The number of likely N-dealkylation sites (N-methyl/N-ethyl adjacent to an activating group) is 1. The number of amides is 1. The largest absolute Gasteiger partial charge is 0.393 e. The lowest BCUT2D eigenvalue weighted by Gasteiger charge is -2.17. The Morgan fingerprint density at radius 2 is 2.31 bits per heavy atom. The third-order valence-corrected chi connectivity index (χ3v) is 2.74. The summed E-state index contributed by atoms with van der Waals surface area (Å²) in [7, 11) is 0. The average Bonchev–Trinajstić information content (AvgIpc) is 2.66. The monoisotopic (exact) mass is 230 g/mol. The van der Waals surface area contributed by atoms with Gasteiger partial charge >= 0.3 is 0 Å². The van der Waals surface area contributed by atoms with E-state index in [-0.39, 0.29) is 24.0 Å². The summed E-state index contributed by atoms with van der Waals surface area (Å²) < 4.78 is 5.30. The summed E-state index contributed by atoms with van der Waals surface area (Å²) in [5, 5.41) is 15.1. The molecule has 0 bridgehead atoms. The van der Waals surface area contributed by atoms with Crippen LogP contribution in [0.1, 0.15) is 20.3 Å². The van der Waals surface area contributed by atoms with Crippen molar-refractivity contribution in [3.63, 3.8) is 0 Å². The van der Waals surface area contributed by atoms with E-state index >= 15 is 0 Å². The zero-order valence-corrected chi connectivity index (χ0v) is 10.0. The standard InChI is InChI=1S/C11H22N2O3/c1-3-12-10-7-16-6-9(10)11(15)13-5-4-8(2)14/h8-10,12,14H,3-7H2,1-2H3,(H,13,15). The smallest absolute Gasteiger partial charge is 0.227 e. The molecular weight excluding hydrogens is 208 g/mol. The van der Waals surface area contributed by atoms with Crippen LogP contribution in [0.4, 0.5) is 0 Å². The van der Waals surface area contributed by atoms with Gasteiger partial charge in [-0.1, -0.05) is 6.92 Å². The Morgan fingerprint density at radius 1 is 1.56 bits per heavy atom. The van der Waals surface area contributed by atoms with Crippen molar-refractivity contribution in [2.24, 2.45) is 5.92 Å². The summed E-state index contributed by atoms with van der Waals surface area (Å²) >= 11 is 0. The molecule has 1 aliphatic heterocycles. The van der Waals surface area contributed by atoms with Crippen LogP contribution < -0.4 is 10.6 Å². The highest BCUT2D eigenvalue weighted by Gasteiger charge is 2.33. The first-order valence-corrected chi connectivity index (χ1v) is 5.92. The first-order chi connectivity index (χ1) is 7.65. The number of carbonyl (C=O) groups excluding carboxylic acids is 1. The second kappa shape index (κ2) is 6.83. The minimum Gasteiger partial charge on any atom is -0.393 e. The molecule has 0 aromatic rings. The lowest BCUT2D eigenvalue weighted by molar-refractivity contribution is -0.125. The topological polar surface area (TPSA) is 70.6 Å². The SMILES string of the molecule is CCNC1COCC1C(=O)NCCC(C)O. The molecule has 0 radical (unpaired) electrons. The highest BCUT2D eigenvalue weighted by molar-refractivity contribution is 5.79. The summed E-state index contributed by atoms with van der Waals surface area (Å²) in [6, 6.07) is 0.122. The fraction of sp³-hybridized carbons (Fsp3) is 0.909. The molecule has 1 fully saturated rings. The van der Waals surface area contributed by atoms with Crippen LogP contribution in [-0.2, 0) is 9.53 Å². The first kappa shape index (κ1) is 13.4. The molecule has 0 spiro atoms. The van der Waals surface area contributed by atoms with Gasteiger partial charge in [0.25, 0.3) is 0 Å². The minimum atomic E-state index is -0.371. The van der Waals surface area contributed by atoms with Gasteiger partial charge in [-0.25, -0.2) is 0 Å². The van der Waals surface area contributed by atoms with Crippen molar-refractivity contribution in [2.45, 2.75) is 32.4 Å². The molecule has 5 nitrogen and oxygen atoms in total. The van der Waals surface area contributed by atoms with Crippen molar-refractivity contribution in [1.82, 2.24) is 10.6 Å². The molecular formula is C11H22N2O3. The van der Waals surface area contributed by atoms with Gasteiger partial charge in [0.05, 0.1) is 25.2 Å². The Morgan fingerprint density at radius 3 is 2.94 bits per heavy atom. The molecule has 1 aliphatic rings. The predicted octanol–water partition coefficient (Wildman–Crippen LogP) is -0.502. The van der Waals surface area contributed by atoms with E-state index in [4.69, 9.17) is 9.84 Å². The lowest BCUT2D eigenvalue weighted by atomic mass is 10.0. The Hall–Kier alpha value is -0.650. The first-order valence-electron chi connectivity index (χ1n) is 5.92. The third kappa shape index (κ3) is 4.08. The van der Waals surface area contributed by atoms with E-state index in [0.29, 0.717) is 26.2 Å². The number of aliphatic hydroxyl groups is 1. The fourth-order valence-electron chi connectivity index (χ4n) is 1.81. The Kier molecular flexibility index (Phi) is 5.73. The molecule has 0 aromatic heterocycles. The van der Waals surface area contributed by atoms with Crippen LogP contribution in [0, 0.1) is 5.92 Å².